The predicted molar refractivity (Wildman–Crippen MR) is 118 cm³/mol. The van der Waals surface area contributed by atoms with Gasteiger partial charge in [0.05, 0.1) is 23.8 Å². The van der Waals surface area contributed by atoms with Gasteiger partial charge in [-0.1, -0.05) is 13.8 Å². The molecule has 0 unspecified atom stereocenters. The van der Waals surface area contributed by atoms with E-state index in [9.17, 15) is 0 Å². The molecule has 0 atom stereocenters. The van der Waals surface area contributed by atoms with Crippen LogP contribution in [0.2, 0.25) is 0 Å². The molecule has 0 radical (unpaired) electrons. The summed E-state index contributed by atoms with van der Waals surface area (Å²) in [4.78, 5) is 15.5. The molecule has 0 amide bonds. The number of pyridine rings is 2. The second kappa shape index (κ2) is 7.09. The van der Waals surface area contributed by atoms with E-state index in [2.05, 4.69) is 59.8 Å². The van der Waals surface area contributed by atoms with E-state index in [1.807, 2.05) is 12.3 Å². The highest BCUT2D eigenvalue weighted by molar-refractivity contribution is 5.89. The molecule has 1 aliphatic rings. The fraction of sp³-hybridized carbons (Fsp3) is 0.435. The molecule has 4 aromatic heterocycles. The molecule has 7 heteroatoms. The molecule has 156 valence electrons. The standard InChI is InChI=1S/C23H28N6O/c1-13(2)20-21(15-8-19(30-5)23-24-12-25-29(23)11-15)27-18-7-6-17(26-22(18)20)16-9-28(10-16)14(3)4/h6-8,11-14,16,27H,9-10H2,1-5H3. The quantitative estimate of drug-likeness (QED) is 0.539. The molecule has 30 heavy (non-hydrogen) atoms. The second-order valence-corrected chi connectivity index (χ2v) is 8.77. The largest absolute Gasteiger partial charge is 0.493 e. The van der Waals surface area contributed by atoms with Gasteiger partial charge in [0.2, 0.25) is 0 Å². The zero-order valence-corrected chi connectivity index (χ0v) is 18.2. The lowest BCUT2D eigenvalue weighted by Crippen LogP contribution is -2.48. The average Bonchev–Trinajstić information content (AvgIpc) is 3.29. The van der Waals surface area contributed by atoms with Gasteiger partial charge in [-0.3, -0.25) is 9.88 Å². The highest BCUT2D eigenvalue weighted by Gasteiger charge is 2.31. The van der Waals surface area contributed by atoms with Gasteiger partial charge in [0, 0.05) is 48.1 Å². The Kier molecular flexibility index (Phi) is 4.50. The molecule has 0 spiro atoms. The van der Waals surface area contributed by atoms with Crippen molar-refractivity contribution in [1.29, 1.82) is 0 Å². The van der Waals surface area contributed by atoms with Crippen molar-refractivity contribution in [3.63, 3.8) is 0 Å². The Hall–Kier alpha value is -2.93. The van der Waals surface area contributed by atoms with Crippen LogP contribution in [0, 0.1) is 0 Å². The number of nitrogens with one attached hydrogen (secondary N) is 1. The molecule has 4 aromatic rings. The Morgan fingerprint density at radius 3 is 2.67 bits per heavy atom. The number of likely N-dealkylation sites (tertiary alicyclic amines) is 1. The van der Waals surface area contributed by atoms with Crippen LogP contribution in [0.3, 0.4) is 0 Å². The van der Waals surface area contributed by atoms with E-state index in [-0.39, 0.29) is 0 Å². The monoisotopic (exact) mass is 404 g/mol. The number of rotatable bonds is 5. The lowest BCUT2D eigenvalue weighted by atomic mass is 9.93. The Bertz CT molecular complexity index is 1220. The van der Waals surface area contributed by atoms with Crippen LogP contribution in [0.15, 0.2) is 30.7 Å². The number of aromatic nitrogens is 5. The molecule has 1 N–H and O–H groups in total. The molecule has 1 aliphatic heterocycles. The second-order valence-electron chi connectivity index (χ2n) is 8.77. The maximum absolute atomic E-state index is 5.57. The van der Waals surface area contributed by atoms with Gasteiger partial charge >= 0.3 is 0 Å². The minimum atomic E-state index is 0.322. The molecular formula is C23H28N6O. The van der Waals surface area contributed by atoms with Crippen molar-refractivity contribution in [2.45, 2.75) is 45.6 Å². The SMILES string of the molecule is COc1cc(-c2[nH]c3ccc(C4CN(C(C)C)C4)nc3c2C(C)C)cn2ncnc12. The molecule has 0 bridgehead atoms. The molecule has 0 saturated carbocycles. The first kappa shape index (κ1) is 19.1. The summed E-state index contributed by atoms with van der Waals surface area (Å²) in [6.07, 6.45) is 3.54. The number of H-pyrrole nitrogens is 1. The Balaban J connectivity index is 1.62. The third kappa shape index (κ3) is 2.96. The van der Waals surface area contributed by atoms with Crippen LogP contribution >= 0.6 is 0 Å². The zero-order chi connectivity index (χ0) is 21.0. The summed E-state index contributed by atoms with van der Waals surface area (Å²) in [7, 11) is 1.66. The summed E-state index contributed by atoms with van der Waals surface area (Å²) in [6, 6.07) is 6.97. The van der Waals surface area contributed by atoms with E-state index in [1.54, 1.807) is 18.0 Å². The maximum atomic E-state index is 5.57. The lowest BCUT2D eigenvalue weighted by molar-refractivity contribution is 0.108. The molecule has 1 saturated heterocycles. The first-order chi connectivity index (χ1) is 14.5. The zero-order valence-electron chi connectivity index (χ0n) is 18.2. The van der Waals surface area contributed by atoms with Crippen LogP contribution in [0.5, 0.6) is 5.75 Å². The van der Waals surface area contributed by atoms with Crippen molar-refractivity contribution in [2.24, 2.45) is 0 Å². The van der Waals surface area contributed by atoms with E-state index in [0.29, 0.717) is 29.3 Å². The van der Waals surface area contributed by atoms with Crippen LogP contribution in [0.1, 0.15) is 50.8 Å². The van der Waals surface area contributed by atoms with Gasteiger partial charge in [-0.15, -0.1) is 0 Å². The number of hydrogen-bond acceptors (Lipinski definition) is 5. The average molecular weight is 405 g/mol. The van der Waals surface area contributed by atoms with Gasteiger partial charge in [0.15, 0.2) is 11.4 Å². The number of ether oxygens (including phenoxy) is 1. The summed E-state index contributed by atoms with van der Waals surface area (Å²) in [5, 5.41) is 4.31. The highest BCUT2D eigenvalue weighted by Crippen LogP contribution is 2.37. The van der Waals surface area contributed by atoms with Gasteiger partial charge in [-0.25, -0.2) is 9.50 Å². The first-order valence-corrected chi connectivity index (χ1v) is 10.6. The van der Waals surface area contributed by atoms with Crippen molar-refractivity contribution >= 4 is 16.7 Å². The fourth-order valence-corrected chi connectivity index (χ4v) is 4.42. The number of nitrogens with zero attached hydrogens (tertiary/aromatic N) is 5. The smallest absolute Gasteiger partial charge is 0.197 e. The highest BCUT2D eigenvalue weighted by atomic mass is 16.5. The minimum Gasteiger partial charge on any atom is -0.493 e. The van der Waals surface area contributed by atoms with Crippen molar-refractivity contribution < 1.29 is 4.74 Å². The summed E-state index contributed by atoms with van der Waals surface area (Å²) in [5.41, 5.74) is 7.35. The van der Waals surface area contributed by atoms with Crippen LogP contribution < -0.4 is 4.74 Å². The van der Waals surface area contributed by atoms with Crippen molar-refractivity contribution in [1.82, 2.24) is 29.5 Å². The van der Waals surface area contributed by atoms with Crippen LogP contribution in [0.25, 0.3) is 27.9 Å². The summed E-state index contributed by atoms with van der Waals surface area (Å²) < 4.78 is 7.33. The van der Waals surface area contributed by atoms with Crippen molar-refractivity contribution in [2.75, 3.05) is 20.2 Å². The normalized spacial score (nSPS) is 15.6. The van der Waals surface area contributed by atoms with Crippen LogP contribution in [-0.4, -0.2) is 55.7 Å². The van der Waals surface area contributed by atoms with E-state index < -0.39 is 0 Å². The van der Waals surface area contributed by atoms with Gasteiger partial charge < -0.3 is 9.72 Å². The Morgan fingerprint density at radius 2 is 1.97 bits per heavy atom. The molecular weight excluding hydrogens is 376 g/mol. The van der Waals surface area contributed by atoms with E-state index in [1.165, 1.54) is 11.3 Å². The lowest BCUT2D eigenvalue weighted by Gasteiger charge is -2.41. The minimum absolute atomic E-state index is 0.322. The van der Waals surface area contributed by atoms with E-state index >= 15 is 0 Å². The van der Waals surface area contributed by atoms with Gasteiger partial charge in [0.1, 0.15) is 6.33 Å². The molecule has 7 nitrogen and oxygen atoms in total. The number of fused-ring (bicyclic) bond motifs is 2. The Morgan fingerprint density at radius 1 is 1.17 bits per heavy atom. The van der Waals surface area contributed by atoms with E-state index in [4.69, 9.17) is 9.72 Å². The summed E-state index contributed by atoms with van der Waals surface area (Å²) in [5.74, 6) is 1.54. The molecule has 1 fully saturated rings. The van der Waals surface area contributed by atoms with Gasteiger partial charge in [-0.2, -0.15) is 5.10 Å². The first-order valence-electron chi connectivity index (χ1n) is 10.6. The molecule has 0 aliphatic carbocycles. The molecule has 5 heterocycles. The number of hydrogen-bond donors (Lipinski definition) is 1. The summed E-state index contributed by atoms with van der Waals surface area (Å²) in [6.45, 7) is 11.1. The van der Waals surface area contributed by atoms with Crippen LogP contribution in [-0.2, 0) is 0 Å². The van der Waals surface area contributed by atoms with E-state index in [0.717, 1.165) is 35.4 Å². The maximum Gasteiger partial charge on any atom is 0.197 e. The molecule has 5 rings (SSSR count). The fourth-order valence-electron chi connectivity index (χ4n) is 4.42. The molecule has 0 aromatic carbocycles. The van der Waals surface area contributed by atoms with Crippen molar-refractivity contribution in [3.8, 4) is 17.0 Å². The summed E-state index contributed by atoms with van der Waals surface area (Å²) >= 11 is 0. The number of methoxy groups -OCH3 is 1. The third-order valence-electron chi connectivity index (χ3n) is 6.19. The topological polar surface area (TPSA) is 71.3 Å². The van der Waals surface area contributed by atoms with Crippen LogP contribution in [0.4, 0.5) is 0 Å². The third-order valence-corrected chi connectivity index (χ3v) is 6.19. The Labute approximate surface area is 176 Å². The van der Waals surface area contributed by atoms with Crippen molar-refractivity contribution in [3.05, 3.63) is 42.0 Å². The predicted octanol–water partition coefficient (Wildman–Crippen LogP) is 4.21. The van der Waals surface area contributed by atoms with Gasteiger partial charge in [-0.05, 0) is 38.0 Å². The number of aromatic amines is 1. The van der Waals surface area contributed by atoms with Gasteiger partial charge in [0.25, 0.3) is 0 Å².